The van der Waals surface area contributed by atoms with Gasteiger partial charge in [0.1, 0.15) is 5.75 Å². The number of para-hydroxylation sites is 1. The van der Waals surface area contributed by atoms with Crippen molar-refractivity contribution in [2.75, 3.05) is 7.11 Å². The number of methoxy groups -OCH3 is 1. The van der Waals surface area contributed by atoms with Crippen molar-refractivity contribution in [2.45, 2.75) is 0 Å². The maximum Gasteiger partial charge on any atom is 0.261 e. The molecule has 2 amide bonds. The van der Waals surface area contributed by atoms with Crippen molar-refractivity contribution in [3.05, 3.63) is 29.3 Å². The number of carbonyl (C=O) groups is 2. The molecule has 2 bridgehead atoms. The molecule has 2 rings (SSSR count). The van der Waals surface area contributed by atoms with E-state index >= 15 is 0 Å². The van der Waals surface area contributed by atoms with Crippen LogP contribution in [-0.2, 0) is 0 Å². The fourth-order valence-corrected chi connectivity index (χ4v) is 1.35. The van der Waals surface area contributed by atoms with E-state index in [1.807, 2.05) is 0 Å². The molecule has 0 spiro atoms. The van der Waals surface area contributed by atoms with Crippen molar-refractivity contribution in [1.82, 2.24) is 5.32 Å². The van der Waals surface area contributed by atoms with Gasteiger partial charge in [-0.05, 0) is 12.1 Å². The fourth-order valence-electron chi connectivity index (χ4n) is 1.35. The first-order valence-electron chi connectivity index (χ1n) is 3.76. The lowest BCUT2D eigenvalue weighted by molar-refractivity contribution is 0.0834. The smallest absolute Gasteiger partial charge is 0.261 e. The number of fused-ring (bicyclic) bond motifs is 2. The summed E-state index contributed by atoms with van der Waals surface area (Å²) in [6.07, 6.45) is 0. The molecule has 1 aromatic carbocycles. The maximum absolute atomic E-state index is 11.2. The summed E-state index contributed by atoms with van der Waals surface area (Å²) in [5.41, 5.74) is 0.805. The van der Waals surface area contributed by atoms with Crippen molar-refractivity contribution < 1.29 is 14.3 Å². The number of ether oxygens (including phenoxy) is 1. The van der Waals surface area contributed by atoms with Crippen LogP contribution >= 0.6 is 0 Å². The zero-order valence-corrected chi connectivity index (χ0v) is 6.96. The average Bonchev–Trinajstić information content (AvgIpc) is 2.14. The van der Waals surface area contributed by atoms with Crippen LogP contribution in [0.3, 0.4) is 0 Å². The van der Waals surface area contributed by atoms with Crippen LogP contribution in [0.25, 0.3) is 0 Å². The van der Waals surface area contributed by atoms with Gasteiger partial charge in [0.2, 0.25) is 0 Å². The van der Waals surface area contributed by atoms with Gasteiger partial charge in [-0.1, -0.05) is 6.07 Å². The molecule has 0 aliphatic carbocycles. The number of benzene rings is 1. The highest BCUT2D eigenvalue weighted by atomic mass is 16.5. The molecular formula is C9H7NO3. The minimum Gasteiger partial charge on any atom is -0.495 e. The van der Waals surface area contributed by atoms with E-state index < -0.39 is 11.8 Å². The Bertz CT molecular complexity index is 366. The lowest BCUT2D eigenvalue weighted by atomic mass is 10.0. The Hall–Kier alpha value is -1.84. The normalized spacial score (nSPS) is 13.9. The molecule has 1 aliphatic heterocycles. The molecule has 0 fully saturated rings. The molecule has 0 aromatic heterocycles. The first-order valence-corrected chi connectivity index (χ1v) is 3.76. The van der Waals surface area contributed by atoms with Gasteiger partial charge < -0.3 is 4.74 Å². The van der Waals surface area contributed by atoms with Gasteiger partial charge in [0.25, 0.3) is 11.8 Å². The van der Waals surface area contributed by atoms with Gasteiger partial charge >= 0.3 is 0 Å². The van der Waals surface area contributed by atoms with Crippen LogP contribution in [0.5, 0.6) is 5.75 Å². The Kier molecular flexibility index (Phi) is 1.55. The first-order chi connectivity index (χ1) is 6.24. The van der Waals surface area contributed by atoms with Gasteiger partial charge in [0, 0.05) is 0 Å². The topological polar surface area (TPSA) is 55.4 Å². The van der Waals surface area contributed by atoms with Crippen LogP contribution in [-0.4, -0.2) is 18.9 Å². The van der Waals surface area contributed by atoms with Gasteiger partial charge in [-0.2, -0.15) is 0 Å². The summed E-state index contributed by atoms with van der Waals surface area (Å²) in [7, 11) is 1.44. The highest BCUT2D eigenvalue weighted by Crippen LogP contribution is 2.26. The van der Waals surface area contributed by atoms with Gasteiger partial charge in [0.05, 0.1) is 18.2 Å². The third-order valence-electron chi connectivity index (χ3n) is 1.94. The van der Waals surface area contributed by atoms with Crippen LogP contribution in [0.15, 0.2) is 18.2 Å². The second-order valence-corrected chi connectivity index (χ2v) is 2.67. The lowest BCUT2D eigenvalue weighted by Gasteiger charge is -2.17. The second kappa shape index (κ2) is 2.58. The van der Waals surface area contributed by atoms with Crippen LogP contribution in [0, 0.1) is 0 Å². The summed E-state index contributed by atoms with van der Waals surface area (Å²) >= 11 is 0. The molecule has 0 saturated heterocycles. The van der Waals surface area contributed by atoms with E-state index in [2.05, 4.69) is 5.32 Å². The molecule has 4 heteroatoms. The van der Waals surface area contributed by atoms with Crippen molar-refractivity contribution in [2.24, 2.45) is 0 Å². The minimum atomic E-state index is -0.407. The number of carbonyl (C=O) groups excluding carboxylic acids is 2. The lowest BCUT2D eigenvalue weighted by Crippen LogP contribution is -2.35. The molecule has 66 valence electrons. The van der Waals surface area contributed by atoms with E-state index in [0.29, 0.717) is 16.9 Å². The largest absolute Gasteiger partial charge is 0.495 e. The summed E-state index contributed by atoms with van der Waals surface area (Å²) < 4.78 is 4.98. The summed E-state index contributed by atoms with van der Waals surface area (Å²) in [4.78, 5) is 22.5. The highest BCUT2D eigenvalue weighted by molar-refractivity contribution is 6.17. The number of hydrogen-bond acceptors (Lipinski definition) is 3. The average molecular weight is 177 g/mol. The quantitative estimate of drug-likeness (QED) is 0.638. The molecule has 0 radical (unpaired) electrons. The molecule has 1 heterocycles. The fraction of sp³-hybridized carbons (Fsp3) is 0.111. The Balaban J connectivity index is 2.72. The van der Waals surface area contributed by atoms with Crippen LogP contribution < -0.4 is 10.1 Å². The minimum absolute atomic E-state index is 0.358. The van der Waals surface area contributed by atoms with Crippen LogP contribution in [0.2, 0.25) is 0 Å². The van der Waals surface area contributed by atoms with E-state index in [1.165, 1.54) is 7.11 Å². The third kappa shape index (κ3) is 0.989. The van der Waals surface area contributed by atoms with Gasteiger partial charge in [-0.15, -0.1) is 0 Å². The Morgan fingerprint density at radius 1 is 1.15 bits per heavy atom. The molecular weight excluding hydrogens is 170 g/mol. The Labute approximate surface area is 74.5 Å². The monoisotopic (exact) mass is 177 g/mol. The molecule has 0 unspecified atom stereocenters. The zero-order valence-electron chi connectivity index (χ0n) is 6.96. The van der Waals surface area contributed by atoms with Gasteiger partial charge in [0.15, 0.2) is 0 Å². The number of imide groups is 1. The summed E-state index contributed by atoms with van der Waals surface area (Å²) in [6, 6.07) is 4.89. The molecule has 0 atom stereocenters. The SMILES string of the molecule is COc1c2cccc1C(=O)NC2=O. The predicted octanol–water partition coefficient (Wildman–Crippen LogP) is 0.579. The van der Waals surface area contributed by atoms with E-state index in [0.717, 1.165) is 0 Å². The molecule has 0 saturated carbocycles. The Morgan fingerprint density at radius 3 is 2.15 bits per heavy atom. The summed E-state index contributed by atoms with van der Waals surface area (Å²) in [5, 5.41) is 2.21. The number of rotatable bonds is 1. The number of hydrogen-bond donors (Lipinski definition) is 1. The predicted molar refractivity (Wildman–Crippen MR) is 44.8 cm³/mol. The Morgan fingerprint density at radius 2 is 1.69 bits per heavy atom. The number of amides is 2. The molecule has 13 heavy (non-hydrogen) atoms. The third-order valence-corrected chi connectivity index (χ3v) is 1.94. The summed E-state index contributed by atoms with van der Waals surface area (Å²) in [6.45, 7) is 0. The standard InChI is InChI=1S/C9H7NO3/c1-13-7-5-3-2-4-6(7)9(12)10-8(5)11/h2-4H,1H3,(H,10,11,12). The highest BCUT2D eigenvalue weighted by Gasteiger charge is 2.26. The van der Waals surface area contributed by atoms with Crippen molar-refractivity contribution in [3.8, 4) is 5.75 Å². The van der Waals surface area contributed by atoms with Gasteiger partial charge in [-0.3, -0.25) is 14.9 Å². The summed E-state index contributed by atoms with van der Waals surface area (Å²) in [5.74, 6) is -0.457. The van der Waals surface area contributed by atoms with Crippen molar-refractivity contribution in [3.63, 3.8) is 0 Å². The van der Waals surface area contributed by atoms with Crippen molar-refractivity contribution >= 4 is 11.8 Å². The van der Waals surface area contributed by atoms with E-state index in [-0.39, 0.29) is 0 Å². The van der Waals surface area contributed by atoms with Crippen LogP contribution in [0.4, 0.5) is 0 Å². The van der Waals surface area contributed by atoms with Crippen molar-refractivity contribution in [1.29, 1.82) is 0 Å². The molecule has 1 aliphatic rings. The second-order valence-electron chi connectivity index (χ2n) is 2.67. The van der Waals surface area contributed by atoms with E-state index in [4.69, 9.17) is 4.74 Å². The van der Waals surface area contributed by atoms with E-state index in [1.54, 1.807) is 18.2 Å². The van der Waals surface area contributed by atoms with Gasteiger partial charge in [-0.25, -0.2) is 0 Å². The zero-order chi connectivity index (χ0) is 9.42. The van der Waals surface area contributed by atoms with Crippen LogP contribution in [0.1, 0.15) is 20.7 Å². The van der Waals surface area contributed by atoms with E-state index in [9.17, 15) is 9.59 Å². The molecule has 4 nitrogen and oxygen atoms in total. The number of nitrogens with one attached hydrogen (secondary N) is 1. The molecule has 1 aromatic rings. The molecule has 1 N–H and O–H groups in total. The maximum atomic E-state index is 11.2. The first kappa shape index (κ1) is 7.79.